The minimum absolute atomic E-state index is 0.135. The molecule has 0 spiro atoms. The largest absolute Gasteiger partial charge is 0.380 e. The van der Waals surface area contributed by atoms with Crippen LogP contribution in [0.5, 0.6) is 0 Å². The average Bonchev–Trinajstić information content (AvgIpc) is 2.08. The molecule has 1 amide bonds. The molecule has 0 aliphatic carbocycles. The van der Waals surface area contributed by atoms with Gasteiger partial charge in [0.05, 0.1) is 13.2 Å². The highest BCUT2D eigenvalue weighted by Crippen LogP contribution is 2.25. The van der Waals surface area contributed by atoms with Crippen LogP contribution in [-0.4, -0.2) is 38.8 Å². The van der Waals surface area contributed by atoms with Crippen LogP contribution in [0.15, 0.2) is 0 Å². The Morgan fingerprint density at radius 1 is 1.60 bits per heavy atom. The first-order valence-electron chi connectivity index (χ1n) is 5.67. The molecule has 0 saturated carbocycles. The van der Waals surface area contributed by atoms with Crippen LogP contribution in [0.3, 0.4) is 0 Å². The molecule has 2 aliphatic rings. The number of hydrogen-bond donors (Lipinski definition) is 2. The second kappa shape index (κ2) is 4.10. The first-order chi connectivity index (χ1) is 7.11. The van der Waals surface area contributed by atoms with Gasteiger partial charge in [-0.1, -0.05) is 13.8 Å². The molecule has 1 unspecified atom stereocenters. The zero-order valence-electron chi connectivity index (χ0n) is 9.51. The zero-order valence-corrected chi connectivity index (χ0v) is 9.51. The van der Waals surface area contributed by atoms with Crippen molar-refractivity contribution in [3.63, 3.8) is 0 Å². The van der Waals surface area contributed by atoms with Crippen molar-refractivity contribution in [1.82, 2.24) is 10.6 Å². The van der Waals surface area contributed by atoms with Gasteiger partial charge >= 0.3 is 0 Å². The lowest BCUT2D eigenvalue weighted by Crippen LogP contribution is -2.53. The summed E-state index contributed by atoms with van der Waals surface area (Å²) in [6.07, 6.45) is 0. The summed E-state index contributed by atoms with van der Waals surface area (Å²) in [6.45, 7) is 8.41. The molecule has 4 heteroatoms. The van der Waals surface area contributed by atoms with E-state index in [1.54, 1.807) is 0 Å². The van der Waals surface area contributed by atoms with Gasteiger partial charge in [-0.3, -0.25) is 4.79 Å². The fourth-order valence-electron chi connectivity index (χ4n) is 1.89. The van der Waals surface area contributed by atoms with Gasteiger partial charge in [-0.05, 0) is 19.0 Å². The van der Waals surface area contributed by atoms with Crippen LogP contribution in [-0.2, 0) is 9.53 Å². The maximum atomic E-state index is 11.8. The van der Waals surface area contributed by atoms with E-state index in [1.165, 1.54) is 0 Å². The smallest absolute Gasteiger partial charge is 0.223 e. The Morgan fingerprint density at radius 3 is 2.67 bits per heavy atom. The lowest BCUT2D eigenvalue weighted by Gasteiger charge is -2.39. The Labute approximate surface area is 90.8 Å². The Hall–Kier alpha value is -0.610. The van der Waals surface area contributed by atoms with E-state index in [0.717, 1.165) is 32.8 Å². The maximum Gasteiger partial charge on any atom is 0.223 e. The van der Waals surface area contributed by atoms with Crippen LogP contribution in [0.4, 0.5) is 0 Å². The number of nitrogens with one attached hydrogen (secondary N) is 2. The van der Waals surface area contributed by atoms with E-state index in [4.69, 9.17) is 4.74 Å². The number of carbonyl (C=O) groups is 1. The fraction of sp³-hybridized carbons (Fsp3) is 0.909. The molecule has 4 nitrogen and oxygen atoms in total. The normalized spacial score (nSPS) is 26.3. The Bertz CT molecular complexity index is 247. The van der Waals surface area contributed by atoms with Crippen LogP contribution in [0, 0.1) is 17.3 Å². The lowest BCUT2D eigenvalue weighted by molar-refractivity contribution is -0.131. The van der Waals surface area contributed by atoms with Crippen LogP contribution < -0.4 is 10.6 Å². The molecule has 0 aromatic carbocycles. The molecule has 2 rings (SSSR count). The minimum Gasteiger partial charge on any atom is -0.380 e. The fourth-order valence-corrected chi connectivity index (χ4v) is 1.89. The van der Waals surface area contributed by atoms with Crippen LogP contribution >= 0.6 is 0 Å². The SMILES string of the molecule is CC(C(=O)NCC1(C)COC1)C1CNC1. The monoisotopic (exact) mass is 212 g/mol. The molecular weight excluding hydrogens is 192 g/mol. The van der Waals surface area contributed by atoms with Gasteiger partial charge in [-0.2, -0.15) is 0 Å². The van der Waals surface area contributed by atoms with Crippen molar-refractivity contribution in [3.05, 3.63) is 0 Å². The summed E-state index contributed by atoms with van der Waals surface area (Å²) in [6, 6.07) is 0. The van der Waals surface area contributed by atoms with Gasteiger partial charge in [0, 0.05) is 17.9 Å². The van der Waals surface area contributed by atoms with E-state index >= 15 is 0 Å². The van der Waals surface area contributed by atoms with Gasteiger partial charge in [0.2, 0.25) is 5.91 Å². The molecule has 1 atom stereocenters. The molecule has 0 aromatic heterocycles. The van der Waals surface area contributed by atoms with Crippen molar-refractivity contribution < 1.29 is 9.53 Å². The number of carbonyl (C=O) groups excluding carboxylic acids is 1. The summed E-state index contributed by atoms with van der Waals surface area (Å²) in [5, 5.41) is 6.22. The molecule has 15 heavy (non-hydrogen) atoms. The molecule has 2 aliphatic heterocycles. The number of amides is 1. The summed E-state index contributed by atoms with van der Waals surface area (Å²) in [4.78, 5) is 11.8. The molecule has 0 aromatic rings. The summed E-state index contributed by atoms with van der Waals surface area (Å²) >= 11 is 0. The van der Waals surface area contributed by atoms with E-state index in [1.807, 2.05) is 6.92 Å². The highest BCUT2D eigenvalue weighted by molar-refractivity contribution is 5.78. The van der Waals surface area contributed by atoms with Crippen molar-refractivity contribution >= 4 is 5.91 Å². The second-order valence-corrected chi connectivity index (χ2v) is 5.23. The Kier molecular flexibility index (Phi) is 2.98. The van der Waals surface area contributed by atoms with Gasteiger partial charge < -0.3 is 15.4 Å². The Balaban J connectivity index is 1.71. The molecule has 2 heterocycles. The third-order valence-electron chi connectivity index (χ3n) is 3.52. The quantitative estimate of drug-likeness (QED) is 0.689. The second-order valence-electron chi connectivity index (χ2n) is 5.23. The van der Waals surface area contributed by atoms with Crippen molar-refractivity contribution in [1.29, 1.82) is 0 Å². The standard InChI is InChI=1S/C11H20N2O2/c1-8(9-3-12-4-9)10(14)13-5-11(2)6-15-7-11/h8-9,12H,3-7H2,1-2H3,(H,13,14). The van der Waals surface area contributed by atoms with Gasteiger partial charge in [0.25, 0.3) is 0 Å². The third kappa shape index (κ3) is 2.32. The highest BCUT2D eigenvalue weighted by Gasteiger charge is 2.35. The third-order valence-corrected chi connectivity index (χ3v) is 3.52. The number of rotatable bonds is 4. The molecule has 0 radical (unpaired) electrons. The van der Waals surface area contributed by atoms with Crippen molar-refractivity contribution in [2.75, 3.05) is 32.8 Å². The zero-order chi connectivity index (χ0) is 10.9. The van der Waals surface area contributed by atoms with E-state index < -0.39 is 0 Å². The first kappa shape index (κ1) is 10.9. The van der Waals surface area contributed by atoms with Gasteiger partial charge in [-0.15, -0.1) is 0 Å². The summed E-state index contributed by atoms with van der Waals surface area (Å²) in [7, 11) is 0. The van der Waals surface area contributed by atoms with E-state index in [9.17, 15) is 4.79 Å². The molecule has 0 bridgehead atoms. The molecule has 2 fully saturated rings. The van der Waals surface area contributed by atoms with Crippen molar-refractivity contribution in [2.45, 2.75) is 13.8 Å². The molecule has 2 saturated heterocycles. The molecular formula is C11H20N2O2. The summed E-state index contributed by atoms with van der Waals surface area (Å²) < 4.78 is 5.15. The first-order valence-corrected chi connectivity index (χ1v) is 5.67. The predicted molar refractivity (Wildman–Crippen MR) is 57.5 cm³/mol. The van der Waals surface area contributed by atoms with Crippen LogP contribution in [0.1, 0.15) is 13.8 Å². The summed E-state index contributed by atoms with van der Waals surface area (Å²) in [5.41, 5.74) is 0.174. The van der Waals surface area contributed by atoms with Gasteiger partial charge in [-0.25, -0.2) is 0 Å². The van der Waals surface area contributed by atoms with Gasteiger partial charge in [0.15, 0.2) is 0 Å². The summed E-state index contributed by atoms with van der Waals surface area (Å²) in [5.74, 6) is 0.848. The number of ether oxygens (including phenoxy) is 1. The van der Waals surface area contributed by atoms with E-state index in [2.05, 4.69) is 17.6 Å². The predicted octanol–water partition coefficient (Wildman–Crippen LogP) is -0.00540. The highest BCUT2D eigenvalue weighted by atomic mass is 16.5. The molecule has 86 valence electrons. The maximum absolute atomic E-state index is 11.8. The molecule has 2 N–H and O–H groups in total. The van der Waals surface area contributed by atoms with Crippen LogP contribution in [0.2, 0.25) is 0 Å². The van der Waals surface area contributed by atoms with Crippen molar-refractivity contribution in [3.8, 4) is 0 Å². The van der Waals surface area contributed by atoms with Crippen LogP contribution in [0.25, 0.3) is 0 Å². The van der Waals surface area contributed by atoms with Crippen molar-refractivity contribution in [2.24, 2.45) is 17.3 Å². The van der Waals surface area contributed by atoms with E-state index in [0.29, 0.717) is 5.92 Å². The minimum atomic E-state index is 0.135. The van der Waals surface area contributed by atoms with E-state index in [-0.39, 0.29) is 17.2 Å². The lowest BCUT2D eigenvalue weighted by atomic mass is 9.86. The topological polar surface area (TPSA) is 50.4 Å². The average molecular weight is 212 g/mol. The van der Waals surface area contributed by atoms with Gasteiger partial charge in [0.1, 0.15) is 0 Å². The number of hydrogen-bond acceptors (Lipinski definition) is 3. The Morgan fingerprint density at radius 2 is 2.27 bits per heavy atom.